The van der Waals surface area contributed by atoms with Gasteiger partial charge in [0, 0.05) is 11.8 Å². The predicted molar refractivity (Wildman–Crippen MR) is 133 cm³/mol. The molecule has 3 nitrogen and oxygen atoms in total. The topological polar surface area (TPSA) is 52.8 Å². The molecule has 0 amide bonds. The first-order chi connectivity index (χ1) is 15.3. The number of nitrogens with zero attached hydrogens (tertiary/aromatic N) is 1. The number of aliphatic imine (C=N–C) groups is 1. The lowest BCUT2D eigenvalue weighted by Gasteiger charge is -2.25. The van der Waals surface area contributed by atoms with Crippen molar-refractivity contribution >= 4 is 6.21 Å². The van der Waals surface area contributed by atoms with E-state index in [0.29, 0.717) is 5.75 Å². The van der Waals surface area contributed by atoms with Gasteiger partial charge in [-0.05, 0) is 76.6 Å². The van der Waals surface area contributed by atoms with Crippen molar-refractivity contribution in [2.75, 3.05) is 6.61 Å². The van der Waals surface area contributed by atoms with Crippen LogP contribution in [0.4, 0.5) is 0 Å². The third-order valence-corrected chi connectivity index (χ3v) is 6.51. The molecule has 4 bridgehead atoms. The predicted octanol–water partition coefficient (Wildman–Crippen LogP) is 5.77. The average Bonchev–Trinajstić information content (AvgIpc) is 2.75. The molecule has 4 aliphatic carbocycles. The van der Waals surface area contributed by atoms with Crippen LogP contribution < -0.4 is 0 Å². The average molecular weight is 428 g/mol. The zero-order valence-corrected chi connectivity index (χ0v) is 19.3. The third kappa shape index (κ3) is 4.94. The summed E-state index contributed by atoms with van der Waals surface area (Å²) in [7, 11) is 0. The zero-order chi connectivity index (χ0) is 22.7. The van der Waals surface area contributed by atoms with Crippen LogP contribution in [0.15, 0.2) is 65.7 Å². The Labute approximate surface area is 191 Å². The largest absolute Gasteiger partial charge is 0.507 e. The minimum Gasteiger partial charge on any atom is -0.507 e. The maximum Gasteiger partial charge on any atom is 0.123 e. The Morgan fingerprint density at radius 3 is 2.19 bits per heavy atom. The summed E-state index contributed by atoms with van der Waals surface area (Å²) in [5.74, 6) is 0.331. The molecule has 0 saturated heterocycles. The Kier molecular flexibility index (Phi) is 6.48. The van der Waals surface area contributed by atoms with E-state index in [2.05, 4.69) is 57.2 Å². The number of benzene rings is 3. The minimum atomic E-state index is -0.120. The molecular weight excluding hydrogens is 394 g/mol. The molecule has 0 unspecified atom stereocenters. The van der Waals surface area contributed by atoms with Gasteiger partial charge in [0.25, 0.3) is 0 Å². The van der Waals surface area contributed by atoms with Crippen LogP contribution in [0.5, 0.6) is 5.75 Å². The highest BCUT2D eigenvalue weighted by molar-refractivity contribution is 5.82. The number of phenolic OH excluding ortho intramolecular Hbond substituents is 1. The highest BCUT2D eigenvalue weighted by Gasteiger charge is 2.22. The van der Waals surface area contributed by atoms with Crippen LogP contribution in [0.25, 0.3) is 11.1 Å². The maximum atomic E-state index is 10.5. The van der Waals surface area contributed by atoms with Crippen molar-refractivity contribution in [2.24, 2.45) is 10.4 Å². The Bertz CT molecular complexity index is 1120. The van der Waals surface area contributed by atoms with Gasteiger partial charge in [0.2, 0.25) is 0 Å². The van der Waals surface area contributed by atoms with E-state index in [1.807, 2.05) is 24.4 Å². The van der Waals surface area contributed by atoms with E-state index in [4.69, 9.17) is 4.99 Å². The van der Waals surface area contributed by atoms with Gasteiger partial charge in [-0.15, -0.1) is 0 Å². The van der Waals surface area contributed by atoms with Crippen molar-refractivity contribution in [3.63, 3.8) is 0 Å². The number of aryl methyl sites for hydroxylation is 4. The Balaban J connectivity index is 1.68. The normalized spacial score (nSPS) is 15.0. The van der Waals surface area contributed by atoms with E-state index in [9.17, 15) is 10.2 Å². The fourth-order valence-electron chi connectivity index (χ4n) is 4.37. The Hall–Kier alpha value is -2.91. The van der Waals surface area contributed by atoms with E-state index in [-0.39, 0.29) is 18.1 Å². The van der Waals surface area contributed by atoms with E-state index >= 15 is 0 Å². The quantitative estimate of drug-likeness (QED) is 0.520. The zero-order valence-electron chi connectivity index (χ0n) is 19.3. The van der Waals surface area contributed by atoms with Crippen LogP contribution in [-0.2, 0) is 25.7 Å². The van der Waals surface area contributed by atoms with Crippen molar-refractivity contribution in [1.82, 2.24) is 0 Å². The summed E-state index contributed by atoms with van der Waals surface area (Å²) in [5, 5.41) is 20.2. The van der Waals surface area contributed by atoms with Crippen molar-refractivity contribution in [2.45, 2.75) is 52.5 Å². The summed E-state index contributed by atoms with van der Waals surface area (Å²) in [6.07, 6.45) is 5.63. The standard InChI is InChI=1S/C29H33NO2/c1-29(2,3)28(19-31)30-18-24-16-20-8-12-22(24)13-9-21-11-15-23(14-10-20)26(17-21)25-6-4-5-7-27(25)32/h4-8,11-12,15-18,28,31-32H,9-10,13-14,19H2,1-3H3/t28-/m1/s1. The van der Waals surface area contributed by atoms with Gasteiger partial charge in [0.05, 0.1) is 12.6 Å². The molecule has 166 valence electrons. The number of hydrogen-bond donors (Lipinski definition) is 2. The summed E-state index contributed by atoms with van der Waals surface area (Å²) in [5.41, 5.74) is 8.18. The molecule has 0 fully saturated rings. The Morgan fingerprint density at radius 1 is 0.844 bits per heavy atom. The first-order valence-electron chi connectivity index (χ1n) is 11.5. The molecule has 0 aromatic heterocycles. The second-order valence-corrected chi connectivity index (χ2v) is 9.88. The molecular formula is C29H33NO2. The molecule has 0 saturated carbocycles. The van der Waals surface area contributed by atoms with E-state index in [0.717, 1.165) is 42.4 Å². The highest BCUT2D eigenvalue weighted by Crippen LogP contribution is 2.33. The lowest BCUT2D eigenvalue weighted by atomic mass is 9.87. The number of aromatic hydroxyl groups is 1. The molecule has 0 aliphatic heterocycles. The van der Waals surface area contributed by atoms with Crippen LogP contribution in [0.2, 0.25) is 0 Å². The van der Waals surface area contributed by atoms with Crippen LogP contribution in [0.1, 0.15) is 48.6 Å². The summed E-state index contributed by atoms with van der Waals surface area (Å²) >= 11 is 0. The third-order valence-electron chi connectivity index (χ3n) is 6.51. The van der Waals surface area contributed by atoms with Gasteiger partial charge in [0.1, 0.15) is 5.75 Å². The number of rotatable bonds is 4. The number of hydrogen-bond acceptors (Lipinski definition) is 3. The molecule has 0 radical (unpaired) electrons. The second-order valence-electron chi connectivity index (χ2n) is 9.88. The molecule has 32 heavy (non-hydrogen) atoms. The number of aliphatic hydroxyl groups excluding tert-OH is 1. The summed E-state index contributed by atoms with van der Waals surface area (Å²) in [6.45, 7) is 6.38. The van der Waals surface area contributed by atoms with Crippen molar-refractivity contribution in [3.05, 3.63) is 88.5 Å². The van der Waals surface area contributed by atoms with Crippen LogP contribution in [-0.4, -0.2) is 29.1 Å². The molecule has 3 aromatic carbocycles. The first-order valence-corrected chi connectivity index (χ1v) is 11.5. The molecule has 2 N–H and O–H groups in total. The first kappa shape index (κ1) is 22.3. The fourth-order valence-corrected chi connectivity index (χ4v) is 4.37. The lowest BCUT2D eigenvalue weighted by Crippen LogP contribution is -2.28. The van der Waals surface area contributed by atoms with Gasteiger partial charge in [-0.3, -0.25) is 4.99 Å². The molecule has 0 spiro atoms. The molecule has 3 heteroatoms. The van der Waals surface area contributed by atoms with Gasteiger partial charge in [0.15, 0.2) is 0 Å². The van der Waals surface area contributed by atoms with E-state index < -0.39 is 0 Å². The smallest absolute Gasteiger partial charge is 0.123 e. The monoisotopic (exact) mass is 427 g/mol. The highest BCUT2D eigenvalue weighted by atomic mass is 16.3. The van der Waals surface area contributed by atoms with Gasteiger partial charge >= 0.3 is 0 Å². The summed E-state index contributed by atoms with van der Waals surface area (Å²) < 4.78 is 0. The summed E-state index contributed by atoms with van der Waals surface area (Å²) in [6, 6.07) is 20.9. The number of aliphatic hydroxyl groups is 1. The lowest BCUT2D eigenvalue weighted by molar-refractivity contribution is 0.191. The van der Waals surface area contributed by atoms with Crippen molar-refractivity contribution in [1.29, 1.82) is 0 Å². The van der Waals surface area contributed by atoms with E-state index in [1.165, 1.54) is 22.3 Å². The van der Waals surface area contributed by atoms with Gasteiger partial charge in [-0.25, -0.2) is 0 Å². The van der Waals surface area contributed by atoms with Crippen LogP contribution in [0.3, 0.4) is 0 Å². The SMILES string of the molecule is CC(C)(C)[C@@H](CO)N=Cc1cc2ccc1CCc1ccc(c(-c3ccccc3O)c1)CC2. The van der Waals surface area contributed by atoms with Crippen LogP contribution >= 0.6 is 0 Å². The second kappa shape index (κ2) is 9.30. The Morgan fingerprint density at radius 2 is 1.50 bits per heavy atom. The van der Waals surface area contributed by atoms with Crippen LogP contribution in [0, 0.1) is 5.41 Å². The molecule has 1 atom stereocenters. The molecule has 4 aliphatic rings. The van der Waals surface area contributed by atoms with Crippen molar-refractivity contribution in [3.8, 4) is 16.9 Å². The maximum absolute atomic E-state index is 10.5. The molecule has 0 heterocycles. The summed E-state index contributed by atoms with van der Waals surface area (Å²) in [4.78, 5) is 4.76. The fraction of sp³-hybridized carbons (Fsp3) is 0.345. The molecule has 3 aromatic rings. The van der Waals surface area contributed by atoms with Gasteiger partial charge in [-0.2, -0.15) is 0 Å². The van der Waals surface area contributed by atoms with Crippen molar-refractivity contribution < 1.29 is 10.2 Å². The number of para-hydroxylation sites is 1. The minimum absolute atomic E-state index is 0.0516. The van der Waals surface area contributed by atoms with E-state index in [1.54, 1.807) is 6.07 Å². The van der Waals surface area contributed by atoms with Gasteiger partial charge in [-0.1, -0.05) is 69.3 Å². The molecule has 7 rings (SSSR count). The number of phenols is 1. The van der Waals surface area contributed by atoms with Gasteiger partial charge < -0.3 is 10.2 Å².